The van der Waals surface area contributed by atoms with Crippen LogP contribution in [0.3, 0.4) is 0 Å². The van der Waals surface area contributed by atoms with Gasteiger partial charge in [-0.3, -0.25) is 33.6 Å². The zero-order valence-electron chi connectivity index (χ0n) is 19.2. The number of hydrogen-bond donors (Lipinski definition) is 0. The van der Waals surface area contributed by atoms with E-state index in [4.69, 9.17) is 13.2 Å². The molecule has 33 heavy (non-hydrogen) atoms. The fourth-order valence-electron chi connectivity index (χ4n) is 3.00. The number of benzene rings is 1. The smallest absolute Gasteiger partial charge is 0.349 e. The van der Waals surface area contributed by atoms with E-state index in [9.17, 15) is 4.79 Å². The minimum absolute atomic E-state index is 0. The van der Waals surface area contributed by atoms with Crippen LogP contribution in [-0.4, -0.2) is 19.6 Å². The predicted molar refractivity (Wildman–Crippen MR) is 123 cm³/mol. The molecule has 0 spiro atoms. The van der Waals surface area contributed by atoms with Crippen molar-refractivity contribution in [3.8, 4) is 11.1 Å². The second kappa shape index (κ2) is 13.0. The predicted octanol–water partition coefficient (Wildman–Crippen LogP) is -3.43. The molecule has 5 nitrogen and oxygen atoms in total. The summed E-state index contributed by atoms with van der Waals surface area (Å²) in [5, 5.41) is 5.38. The Morgan fingerprint density at radius 2 is 1.94 bits per heavy atom. The van der Waals surface area contributed by atoms with E-state index < -0.39 is 0 Å². The molecule has 0 bridgehead atoms. The molecule has 1 aromatic carbocycles. The zero-order valence-corrected chi connectivity index (χ0v) is 19.2. The topological polar surface area (TPSA) is 60.2 Å². The monoisotopic (exact) mass is 419 g/mol. The summed E-state index contributed by atoms with van der Waals surface area (Å²) >= 11 is 0. The van der Waals surface area contributed by atoms with Crippen molar-refractivity contribution in [1.29, 1.82) is 0 Å². The van der Waals surface area contributed by atoms with Gasteiger partial charge in [0.2, 0.25) is 0 Å². The van der Waals surface area contributed by atoms with Crippen LogP contribution in [0.2, 0.25) is 0 Å². The van der Waals surface area contributed by atoms with Gasteiger partial charge >= 0.3 is 37.7 Å². The molecule has 0 saturated heterocycles. The van der Waals surface area contributed by atoms with Crippen molar-refractivity contribution in [2.24, 2.45) is 0 Å². The summed E-state index contributed by atoms with van der Waals surface area (Å²) in [6.07, 6.45) is 9.89. The minimum atomic E-state index is -0.184. The zero-order chi connectivity index (χ0) is 22.4. The van der Waals surface area contributed by atoms with E-state index in [1.165, 1.54) is 22.9 Å². The van der Waals surface area contributed by atoms with Gasteiger partial charge in [0.05, 0.1) is 5.65 Å². The van der Waals surface area contributed by atoms with Crippen molar-refractivity contribution >= 4 is 18.3 Å². The summed E-state index contributed by atoms with van der Waals surface area (Å²) in [6, 6.07) is 10.9. The van der Waals surface area contributed by atoms with Crippen LogP contribution in [0.5, 0.6) is 0 Å². The van der Waals surface area contributed by atoms with Crippen LogP contribution in [0.4, 0.5) is 0 Å². The molecule has 0 amide bonds. The average Bonchev–Trinajstić information content (AvgIpc) is 2.76. The molecule has 3 aromatic heterocycles. The first kappa shape index (κ1) is 28.2. The second-order valence-electron chi connectivity index (χ2n) is 6.74. The van der Waals surface area contributed by atoms with Crippen molar-refractivity contribution in [1.82, 2.24) is 19.6 Å². The average molecular weight is 419 g/mol. The third kappa shape index (κ3) is 6.84. The van der Waals surface area contributed by atoms with Crippen molar-refractivity contribution in [3.63, 3.8) is 0 Å². The van der Waals surface area contributed by atoms with Crippen molar-refractivity contribution in [2.75, 3.05) is 0 Å². The fourth-order valence-corrected chi connectivity index (χ4v) is 3.00. The molecule has 0 unspecified atom stereocenters. The van der Waals surface area contributed by atoms with Crippen LogP contribution >= 0.6 is 0 Å². The van der Waals surface area contributed by atoms with Crippen LogP contribution in [0.1, 0.15) is 16.8 Å². The number of aryl methyl sites for hydroxylation is 1. The molecule has 0 saturated carbocycles. The molecule has 0 aliphatic rings. The third-order valence-corrected chi connectivity index (χ3v) is 4.53. The Balaban J connectivity index is 0.000000338. The Hall–Kier alpha value is -2.80. The second-order valence-corrected chi connectivity index (χ2v) is 6.74. The first-order chi connectivity index (χ1) is 14.9. The Kier molecular flexibility index (Phi) is 11.2. The molecule has 0 atom stereocenters. The van der Waals surface area contributed by atoms with Gasteiger partial charge in [-0.2, -0.15) is 42.7 Å². The maximum absolute atomic E-state index is 11.1. The van der Waals surface area contributed by atoms with E-state index in [0.717, 1.165) is 33.2 Å². The first-order valence-electron chi connectivity index (χ1n) is 9.55. The largest absolute Gasteiger partial charge is 1.00 e. The number of pyridine rings is 1. The van der Waals surface area contributed by atoms with Crippen molar-refractivity contribution in [2.45, 2.75) is 13.3 Å². The summed E-state index contributed by atoms with van der Waals surface area (Å²) in [5.41, 5.74) is 5.00. The van der Waals surface area contributed by atoms with Gasteiger partial charge < -0.3 is 11.9 Å². The molecule has 0 fully saturated rings. The van der Waals surface area contributed by atoms with E-state index in [-0.39, 0.29) is 43.3 Å². The van der Waals surface area contributed by atoms with Gasteiger partial charge in [-0.25, -0.2) is 21.5 Å². The summed E-state index contributed by atoms with van der Waals surface area (Å²) in [5.74, 6) is 0. The number of aromatic nitrogens is 4. The van der Waals surface area contributed by atoms with Crippen molar-refractivity contribution in [3.05, 3.63) is 119 Å². The molecule has 4 rings (SSSR count). The summed E-state index contributed by atoms with van der Waals surface area (Å²) in [4.78, 5) is 19.5. The van der Waals surface area contributed by atoms with Gasteiger partial charge in [0.25, 0.3) is 5.56 Å². The molecular weight excluding hydrogens is 398 g/mol. The van der Waals surface area contributed by atoms with E-state index >= 15 is 0 Å². The van der Waals surface area contributed by atoms with Crippen LogP contribution < -0.4 is 53.7 Å². The SMILES string of the molecule is Cc1[c-]nn2c(=O)ccnc2c1.[CH-]=C/C=c1/c(-c2cnc(C[CH2-])c([CH2-])c2)cccc1=[CH-].[Li+].[Li+]. The summed E-state index contributed by atoms with van der Waals surface area (Å²) in [6.45, 7) is 21.1. The maximum Gasteiger partial charge on any atom is 1.00 e. The standard InChI is InChI=1S/C18H15N.C8H6N3O.2Li/c1-5-8-16-13(3)9-7-10-17(16)15-11-14(4)18(6-2)19-12-15;1-6-4-7-9-3-2-8(12)11(7)10-5-6;;/h1,3,5,7-12H,2,4,6H2;2-4H,1H3;;/q-4;-1;2*+1/b16-8+;;;. The summed E-state index contributed by atoms with van der Waals surface area (Å²) < 4.78 is 1.22. The molecule has 4 aromatic rings. The number of allylic oxidation sites excluding steroid dienone is 1. The molecule has 7 heteroatoms. The molecule has 0 N–H and O–H groups in total. The number of rotatable bonds is 3. The fraction of sp³-hybridized carbons (Fsp3) is 0.0769. The molecule has 0 radical (unpaired) electrons. The molecular formula is C26H21Li2N4O-3. The van der Waals surface area contributed by atoms with E-state index in [2.05, 4.69) is 35.1 Å². The normalized spacial score (nSPS) is 10.4. The number of nitrogens with zero attached hydrogens (tertiary/aromatic N) is 4. The maximum atomic E-state index is 11.1. The van der Waals surface area contributed by atoms with E-state index in [0.29, 0.717) is 17.3 Å². The number of fused-ring (bicyclic) bond motifs is 1. The van der Waals surface area contributed by atoms with E-state index in [1.54, 1.807) is 12.1 Å². The minimum Gasteiger partial charge on any atom is -0.349 e. The van der Waals surface area contributed by atoms with Crippen LogP contribution in [0.25, 0.3) is 29.4 Å². The number of hydrogen-bond acceptors (Lipinski definition) is 4. The van der Waals surface area contributed by atoms with Gasteiger partial charge in [-0.1, -0.05) is 29.8 Å². The van der Waals surface area contributed by atoms with Gasteiger partial charge in [-0.05, 0) is 0 Å². The molecule has 3 heterocycles. The third-order valence-electron chi connectivity index (χ3n) is 4.53. The van der Waals surface area contributed by atoms with Gasteiger partial charge in [0.1, 0.15) is 0 Å². The Bertz CT molecular complexity index is 1410. The van der Waals surface area contributed by atoms with Crippen LogP contribution in [-0.2, 0) is 6.42 Å². The Labute approximate surface area is 218 Å². The Morgan fingerprint density at radius 3 is 2.61 bits per heavy atom. The van der Waals surface area contributed by atoms with Crippen LogP contribution in [0, 0.1) is 33.5 Å². The molecule has 0 aliphatic heterocycles. The summed E-state index contributed by atoms with van der Waals surface area (Å²) in [7, 11) is 0. The van der Waals surface area contributed by atoms with Gasteiger partial charge in [0, 0.05) is 18.5 Å². The molecule has 156 valence electrons. The van der Waals surface area contributed by atoms with E-state index in [1.807, 2.05) is 37.4 Å². The van der Waals surface area contributed by atoms with Gasteiger partial charge in [-0.15, -0.1) is 12.3 Å². The first-order valence-corrected chi connectivity index (χ1v) is 9.55. The van der Waals surface area contributed by atoms with Gasteiger partial charge in [0.15, 0.2) is 0 Å². The van der Waals surface area contributed by atoms with Crippen molar-refractivity contribution < 1.29 is 37.7 Å². The Morgan fingerprint density at radius 1 is 1.18 bits per heavy atom. The molecule has 0 aliphatic carbocycles. The quantitative estimate of drug-likeness (QED) is 0.256. The van der Waals surface area contributed by atoms with Crippen LogP contribution in [0.15, 0.2) is 59.7 Å².